The molecule has 6 nitrogen and oxygen atoms in total. The van der Waals surface area contributed by atoms with Crippen LogP contribution in [0.15, 0.2) is 24.3 Å². The van der Waals surface area contributed by atoms with Crippen molar-refractivity contribution in [1.82, 2.24) is 9.03 Å². The molecule has 1 aromatic rings. The molecule has 0 unspecified atom stereocenters. The maximum absolute atomic E-state index is 12.0. The fourth-order valence-corrected chi connectivity index (χ4v) is 5.22. The molecule has 1 saturated heterocycles. The molecule has 0 aromatic heterocycles. The summed E-state index contributed by atoms with van der Waals surface area (Å²) in [5.41, 5.74) is 1.73. The maximum Gasteiger partial charge on any atom is 0.215 e. The third-order valence-electron chi connectivity index (χ3n) is 3.58. The lowest BCUT2D eigenvalue weighted by Crippen LogP contribution is -2.42. The van der Waals surface area contributed by atoms with Crippen molar-refractivity contribution in [3.63, 3.8) is 0 Å². The highest BCUT2D eigenvalue weighted by molar-refractivity contribution is 7.89. The summed E-state index contributed by atoms with van der Waals surface area (Å²) in [6, 6.07) is 7.32. The summed E-state index contributed by atoms with van der Waals surface area (Å²) in [6.45, 7) is 2.68. The van der Waals surface area contributed by atoms with E-state index in [1.54, 1.807) is 6.07 Å². The van der Waals surface area contributed by atoms with Gasteiger partial charge in [0.05, 0.1) is 11.5 Å². The third-order valence-corrected chi connectivity index (χ3v) is 6.89. The van der Waals surface area contributed by atoms with E-state index >= 15 is 0 Å². The molecule has 0 bridgehead atoms. The molecule has 124 valence electrons. The number of rotatable bonds is 6. The Labute approximate surface area is 132 Å². The molecule has 0 saturated carbocycles. The van der Waals surface area contributed by atoms with Crippen molar-refractivity contribution in [3.05, 3.63) is 35.4 Å². The van der Waals surface area contributed by atoms with Crippen molar-refractivity contribution in [3.8, 4) is 0 Å². The van der Waals surface area contributed by atoms with Crippen molar-refractivity contribution in [2.45, 2.75) is 25.5 Å². The Kier molecular flexibility index (Phi) is 5.60. The molecular weight excluding hydrogens is 324 g/mol. The van der Waals surface area contributed by atoms with Crippen LogP contribution in [0.5, 0.6) is 0 Å². The zero-order valence-electron chi connectivity index (χ0n) is 12.7. The number of nitrogens with one attached hydrogen (secondary N) is 1. The molecule has 2 rings (SSSR count). The Morgan fingerprint density at radius 3 is 2.73 bits per heavy atom. The highest BCUT2D eigenvalue weighted by atomic mass is 32.2. The van der Waals surface area contributed by atoms with E-state index in [1.165, 1.54) is 4.31 Å². The van der Waals surface area contributed by atoms with E-state index in [2.05, 4.69) is 4.72 Å². The predicted molar refractivity (Wildman–Crippen MR) is 86.4 cm³/mol. The van der Waals surface area contributed by atoms with Gasteiger partial charge in [0.25, 0.3) is 0 Å². The molecule has 0 amide bonds. The third kappa shape index (κ3) is 5.05. The second-order valence-electron chi connectivity index (χ2n) is 5.56. The van der Waals surface area contributed by atoms with Gasteiger partial charge in [0.15, 0.2) is 0 Å². The minimum atomic E-state index is -3.46. The summed E-state index contributed by atoms with van der Waals surface area (Å²) in [5, 5.41) is 0. The first kappa shape index (κ1) is 17.4. The number of nitrogens with zero attached hydrogens (tertiary/aromatic N) is 1. The monoisotopic (exact) mass is 346 g/mol. The van der Waals surface area contributed by atoms with Crippen LogP contribution in [0.25, 0.3) is 0 Å². The summed E-state index contributed by atoms with van der Waals surface area (Å²) in [5.74, 6) is 0.0600. The maximum atomic E-state index is 12.0. The van der Waals surface area contributed by atoms with E-state index in [0.717, 1.165) is 17.5 Å². The van der Waals surface area contributed by atoms with Gasteiger partial charge < -0.3 is 0 Å². The highest BCUT2D eigenvalue weighted by Crippen LogP contribution is 2.13. The molecule has 0 atom stereocenters. The molecule has 1 aromatic carbocycles. The van der Waals surface area contributed by atoms with Gasteiger partial charge in [0.1, 0.15) is 0 Å². The van der Waals surface area contributed by atoms with Crippen LogP contribution in [-0.4, -0.2) is 46.5 Å². The Morgan fingerprint density at radius 2 is 2.05 bits per heavy atom. The zero-order chi connectivity index (χ0) is 16.2. The van der Waals surface area contributed by atoms with Gasteiger partial charge in [-0.2, -0.15) is 0 Å². The fourth-order valence-electron chi connectivity index (χ4n) is 2.49. The molecule has 1 aliphatic heterocycles. The lowest BCUT2D eigenvalue weighted by Gasteiger charge is -2.26. The van der Waals surface area contributed by atoms with Crippen LogP contribution in [0, 0.1) is 6.92 Å². The summed E-state index contributed by atoms with van der Waals surface area (Å²) >= 11 is 0. The predicted octanol–water partition coefficient (Wildman–Crippen LogP) is 0.840. The standard InChI is InChI=1S/C14H22N2O4S2/c1-13-5-4-6-14(11-13)12-21(17,18)15-7-9-16-8-2-3-10-22(16,19)20/h4-6,11,15H,2-3,7-10,12H2,1H3. The quantitative estimate of drug-likeness (QED) is 0.827. The van der Waals surface area contributed by atoms with Crippen LogP contribution in [0.2, 0.25) is 0 Å². The molecule has 1 fully saturated rings. The Hall–Kier alpha value is -0.960. The molecule has 0 spiro atoms. The van der Waals surface area contributed by atoms with Crippen LogP contribution in [0.3, 0.4) is 0 Å². The lowest BCUT2D eigenvalue weighted by molar-refractivity contribution is 0.386. The Morgan fingerprint density at radius 1 is 1.27 bits per heavy atom. The second kappa shape index (κ2) is 7.08. The Bertz CT molecular complexity index is 714. The van der Waals surface area contributed by atoms with Gasteiger partial charge in [0, 0.05) is 19.6 Å². The van der Waals surface area contributed by atoms with Crippen molar-refractivity contribution in [2.24, 2.45) is 0 Å². The van der Waals surface area contributed by atoms with Crippen molar-refractivity contribution in [1.29, 1.82) is 0 Å². The second-order valence-corrected chi connectivity index (χ2v) is 9.46. The molecule has 0 aliphatic carbocycles. The largest absolute Gasteiger partial charge is 0.215 e. The van der Waals surface area contributed by atoms with E-state index in [1.807, 2.05) is 25.1 Å². The van der Waals surface area contributed by atoms with Crippen LogP contribution in [0.1, 0.15) is 24.0 Å². The van der Waals surface area contributed by atoms with Crippen molar-refractivity contribution < 1.29 is 16.8 Å². The van der Waals surface area contributed by atoms with E-state index < -0.39 is 20.0 Å². The van der Waals surface area contributed by atoms with Crippen LogP contribution >= 0.6 is 0 Å². The van der Waals surface area contributed by atoms with E-state index in [-0.39, 0.29) is 24.6 Å². The van der Waals surface area contributed by atoms with Gasteiger partial charge in [-0.05, 0) is 25.3 Å². The molecular formula is C14H22N2O4S2. The Balaban J connectivity index is 1.87. The number of hydrogen-bond donors (Lipinski definition) is 1. The molecule has 1 aliphatic rings. The topological polar surface area (TPSA) is 83.6 Å². The van der Waals surface area contributed by atoms with Gasteiger partial charge in [0.2, 0.25) is 20.0 Å². The molecule has 1 N–H and O–H groups in total. The minimum Gasteiger partial charge on any atom is -0.214 e. The van der Waals surface area contributed by atoms with Gasteiger partial charge in [-0.25, -0.2) is 25.9 Å². The average molecular weight is 346 g/mol. The van der Waals surface area contributed by atoms with Gasteiger partial charge >= 0.3 is 0 Å². The summed E-state index contributed by atoms with van der Waals surface area (Å²) in [6.07, 6.45) is 1.51. The van der Waals surface area contributed by atoms with Crippen LogP contribution in [0.4, 0.5) is 0 Å². The average Bonchev–Trinajstić information content (AvgIpc) is 2.40. The number of aryl methyl sites for hydroxylation is 1. The smallest absolute Gasteiger partial charge is 0.214 e. The van der Waals surface area contributed by atoms with Crippen LogP contribution in [-0.2, 0) is 25.8 Å². The fraction of sp³-hybridized carbons (Fsp3) is 0.571. The summed E-state index contributed by atoms with van der Waals surface area (Å²) < 4.78 is 51.5. The normalized spacial score (nSPS) is 19.1. The summed E-state index contributed by atoms with van der Waals surface area (Å²) in [4.78, 5) is 0. The van der Waals surface area contributed by atoms with E-state index in [4.69, 9.17) is 0 Å². The molecule has 22 heavy (non-hydrogen) atoms. The van der Waals surface area contributed by atoms with E-state index in [0.29, 0.717) is 13.0 Å². The summed E-state index contributed by atoms with van der Waals surface area (Å²) in [7, 11) is -6.67. The first-order chi connectivity index (χ1) is 10.3. The highest BCUT2D eigenvalue weighted by Gasteiger charge is 2.25. The molecule has 1 heterocycles. The van der Waals surface area contributed by atoms with Gasteiger partial charge in [-0.1, -0.05) is 29.8 Å². The lowest BCUT2D eigenvalue weighted by atomic mass is 10.2. The first-order valence-electron chi connectivity index (χ1n) is 7.29. The van der Waals surface area contributed by atoms with Gasteiger partial charge in [-0.15, -0.1) is 0 Å². The van der Waals surface area contributed by atoms with Crippen LogP contribution < -0.4 is 4.72 Å². The first-order valence-corrected chi connectivity index (χ1v) is 10.6. The number of sulfonamides is 2. The SMILES string of the molecule is Cc1cccc(CS(=O)(=O)NCCN2CCCCS2(=O)=O)c1. The van der Waals surface area contributed by atoms with E-state index in [9.17, 15) is 16.8 Å². The number of hydrogen-bond acceptors (Lipinski definition) is 4. The van der Waals surface area contributed by atoms with Gasteiger partial charge in [-0.3, -0.25) is 0 Å². The van der Waals surface area contributed by atoms with Crippen molar-refractivity contribution >= 4 is 20.0 Å². The molecule has 0 radical (unpaired) electrons. The molecule has 8 heteroatoms. The zero-order valence-corrected chi connectivity index (χ0v) is 14.3. The number of benzene rings is 1. The van der Waals surface area contributed by atoms with Crippen molar-refractivity contribution in [2.75, 3.05) is 25.4 Å². The minimum absolute atomic E-state index is 0.0958.